The Morgan fingerprint density at radius 3 is 2.27 bits per heavy atom. The molecule has 26 heavy (non-hydrogen) atoms. The van der Waals surface area contributed by atoms with Gasteiger partial charge in [0.25, 0.3) is 0 Å². The van der Waals surface area contributed by atoms with Crippen molar-refractivity contribution in [1.29, 1.82) is 0 Å². The lowest BCUT2D eigenvalue weighted by atomic mass is 9.77. The number of nitrogens with zero attached hydrogens (tertiary/aromatic N) is 1. The number of hydrogen-bond donors (Lipinski definition) is 0. The van der Waals surface area contributed by atoms with Crippen molar-refractivity contribution in [3.63, 3.8) is 0 Å². The average molecular weight is 352 g/mol. The summed E-state index contributed by atoms with van der Waals surface area (Å²) in [4.78, 5) is 2.78. The fourth-order valence-electron chi connectivity index (χ4n) is 5.48. The van der Waals surface area contributed by atoms with E-state index in [1.807, 2.05) is 0 Å². The van der Waals surface area contributed by atoms with Crippen LogP contribution in [0.3, 0.4) is 0 Å². The maximum absolute atomic E-state index is 2.78. The molecule has 1 heteroatoms. The van der Waals surface area contributed by atoms with Crippen molar-refractivity contribution in [3.05, 3.63) is 58.3 Å². The van der Waals surface area contributed by atoms with Crippen molar-refractivity contribution in [1.82, 2.24) is 4.90 Å². The molecule has 1 saturated heterocycles. The van der Waals surface area contributed by atoms with E-state index in [0.717, 1.165) is 13.0 Å². The molecule has 3 rings (SSSR count). The van der Waals surface area contributed by atoms with Crippen LogP contribution in [0.4, 0.5) is 0 Å². The summed E-state index contributed by atoms with van der Waals surface area (Å²) >= 11 is 0. The highest BCUT2D eigenvalue weighted by Crippen LogP contribution is 2.48. The third-order valence-corrected chi connectivity index (χ3v) is 6.60. The van der Waals surface area contributed by atoms with Gasteiger partial charge in [0.1, 0.15) is 0 Å². The summed E-state index contributed by atoms with van der Waals surface area (Å²) in [6.07, 6.45) is 9.56. The smallest absolute Gasteiger partial charge is 0.0352 e. The minimum Gasteiger partial charge on any atom is -0.368 e. The second-order valence-electron chi connectivity index (χ2n) is 9.52. The molecule has 1 aliphatic carbocycles. The second kappa shape index (κ2) is 6.91. The molecule has 0 radical (unpaired) electrons. The summed E-state index contributed by atoms with van der Waals surface area (Å²) in [5.41, 5.74) is 7.89. The summed E-state index contributed by atoms with van der Waals surface area (Å²) in [5.74, 6) is 0.677. The van der Waals surface area contributed by atoms with Gasteiger partial charge in [0.2, 0.25) is 0 Å². The highest BCUT2D eigenvalue weighted by molar-refractivity contribution is 5.39. The van der Waals surface area contributed by atoms with Crippen LogP contribution in [0.5, 0.6) is 0 Å². The minimum absolute atomic E-state index is 0.195. The van der Waals surface area contributed by atoms with Gasteiger partial charge in [0.05, 0.1) is 0 Å². The van der Waals surface area contributed by atoms with Crippen LogP contribution in [0, 0.1) is 19.8 Å². The van der Waals surface area contributed by atoms with Crippen molar-refractivity contribution < 1.29 is 0 Å². The fourth-order valence-corrected chi connectivity index (χ4v) is 5.48. The molecule has 142 valence electrons. The molecule has 1 aromatic rings. The van der Waals surface area contributed by atoms with Gasteiger partial charge in [-0.25, -0.2) is 0 Å². The van der Waals surface area contributed by atoms with E-state index in [1.165, 1.54) is 36.0 Å². The Morgan fingerprint density at radius 2 is 1.69 bits per heavy atom. The first-order valence-electron chi connectivity index (χ1n) is 10.5. The Balaban J connectivity index is 2.04. The summed E-state index contributed by atoms with van der Waals surface area (Å²) < 4.78 is 0. The quantitative estimate of drug-likeness (QED) is 0.583. The monoisotopic (exact) mass is 351 g/mol. The first kappa shape index (κ1) is 19.3. The van der Waals surface area contributed by atoms with E-state index in [-0.39, 0.29) is 11.0 Å². The summed E-state index contributed by atoms with van der Waals surface area (Å²) in [6.45, 7) is 17.6. The lowest BCUT2D eigenvalue weighted by molar-refractivity contribution is 0.197. The van der Waals surface area contributed by atoms with Crippen LogP contribution in [0.15, 0.2) is 41.6 Å². The number of hydrogen-bond acceptors (Lipinski definition) is 1. The van der Waals surface area contributed by atoms with Crippen molar-refractivity contribution in [2.75, 3.05) is 6.54 Å². The molecule has 1 aromatic carbocycles. The van der Waals surface area contributed by atoms with Crippen molar-refractivity contribution in [2.24, 2.45) is 5.92 Å². The molecule has 1 fully saturated rings. The molecule has 1 heterocycles. The average Bonchev–Trinajstić information content (AvgIpc) is 2.83. The van der Waals surface area contributed by atoms with Gasteiger partial charge < -0.3 is 4.90 Å². The van der Waals surface area contributed by atoms with Crippen LogP contribution >= 0.6 is 0 Å². The zero-order valence-electron chi connectivity index (χ0n) is 17.9. The number of aryl methyl sites for hydroxylation is 2. The van der Waals surface area contributed by atoms with Gasteiger partial charge in [-0.05, 0) is 64.5 Å². The lowest BCUT2D eigenvalue weighted by Crippen LogP contribution is -2.40. The third kappa shape index (κ3) is 3.38. The zero-order valence-corrected chi connectivity index (χ0v) is 17.9. The highest BCUT2D eigenvalue weighted by atomic mass is 15.2. The predicted octanol–water partition coefficient (Wildman–Crippen LogP) is 6.70. The Hall–Kier alpha value is -1.50. The van der Waals surface area contributed by atoms with Crippen molar-refractivity contribution >= 4 is 0 Å². The summed E-state index contributed by atoms with van der Waals surface area (Å²) in [5, 5.41) is 0. The molecule has 0 bridgehead atoms. The van der Waals surface area contributed by atoms with Gasteiger partial charge in [-0.2, -0.15) is 0 Å². The Kier molecular flexibility index (Phi) is 5.12. The molecule has 1 aliphatic heterocycles. The van der Waals surface area contributed by atoms with E-state index in [1.54, 1.807) is 11.3 Å². The van der Waals surface area contributed by atoms with E-state index in [0.29, 0.717) is 5.92 Å². The van der Waals surface area contributed by atoms with E-state index in [4.69, 9.17) is 0 Å². The molecule has 0 amide bonds. The van der Waals surface area contributed by atoms with E-state index in [9.17, 15) is 0 Å². The molecular weight excluding hydrogens is 314 g/mol. The van der Waals surface area contributed by atoms with Crippen LogP contribution in [-0.2, 0) is 5.41 Å². The highest BCUT2D eigenvalue weighted by Gasteiger charge is 2.48. The van der Waals surface area contributed by atoms with Gasteiger partial charge in [0.15, 0.2) is 0 Å². The topological polar surface area (TPSA) is 3.24 Å². The number of allylic oxidation sites excluding steroid dienone is 4. The molecule has 1 nitrogen and oxygen atoms in total. The van der Waals surface area contributed by atoms with Crippen molar-refractivity contribution in [3.8, 4) is 0 Å². The van der Waals surface area contributed by atoms with Gasteiger partial charge >= 0.3 is 0 Å². The van der Waals surface area contributed by atoms with Gasteiger partial charge in [-0.15, -0.1) is 0 Å². The van der Waals surface area contributed by atoms with Gasteiger partial charge in [-0.1, -0.05) is 62.2 Å². The first-order chi connectivity index (χ1) is 12.2. The van der Waals surface area contributed by atoms with Gasteiger partial charge in [-0.3, -0.25) is 0 Å². The molecule has 2 aliphatic rings. The van der Waals surface area contributed by atoms with Gasteiger partial charge in [0, 0.05) is 29.1 Å². The molecule has 0 spiro atoms. The normalized spacial score (nSPS) is 28.1. The van der Waals surface area contributed by atoms with E-state index < -0.39 is 0 Å². The first-order valence-corrected chi connectivity index (χ1v) is 10.5. The summed E-state index contributed by atoms with van der Waals surface area (Å²) in [7, 11) is 0. The summed E-state index contributed by atoms with van der Waals surface area (Å²) in [6, 6.07) is 7.13. The van der Waals surface area contributed by atoms with E-state index >= 15 is 0 Å². The largest absolute Gasteiger partial charge is 0.368 e. The Labute approximate surface area is 161 Å². The molecule has 1 unspecified atom stereocenters. The standard InChI is InChI=1S/C25H37N/c1-8-20-11-10-12-21(9-2)23(20)26-17-25(7,16-24(26,5)6)22-14-18(3)13-19(4)15-22/h10-11,13-15,21H,8-9,12,16-17H2,1-7H3/t21-,25?/m0/s1. The maximum atomic E-state index is 2.78. The third-order valence-electron chi connectivity index (χ3n) is 6.60. The Bertz CT molecular complexity index is 716. The van der Waals surface area contributed by atoms with Crippen LogP contribution in [0.1, 0.15) is 77.0 Å². The molecular formula is C25H37N. The molecule has 0 N–H and O–H groups in total. The number of rotatable bonds is 4. The SMILES string of the molecule is CCC1=C(N2CC(C)(c3cc(C)cc(C)c3)CC2(C)C)[C@@H](CC)CC=C1. The molecule has 0 aromatic heterocycles. The van der Waals surface area contributed by atoms with Crippen LogP contribution < -0.4 is 0 Å². The number of benzene rings is 1. The van der Waals surface area contributed by atoms with Crippen LogP contribution in [-0.4, -0.2) is 17.0 Å². The molecule has 0 saturated carbocycles. The van der Waals surface area contributed by atoms with Crippen LogP contribution in [0.25, 0.3) is 0 Å². The fraction of sp³-hybridized carbons (Fsp3) is 0.600. The Morgan fingerprint density at radius 1 is 1.04 bits per heavy atom. The zero-order chi connectivity index (χ0) is 19.1. The minimum atomic E-state index is 0.195. The van der Waals surface area contributed by atoms with Crippen LogP contribution in [0.2, 0.25) is 0 Å². The number of likely N-dealkylation sites (tertiary alicyclic amines) is 1. The lowest BCUT2D eigenvalue weighted by Gasteiger charge is -2.41. The predicted molar refractivity (Wildman–Crippen MR) is 114 cm³/mol. The van der Waals surface area contributed by atoms with Crippen molar-refractivity contribution in [2.45, 2.75) is 85.1 Å². The maximum Gasteiger partial charge on any atom is 0.0352 e. The molecule has 2 atom stereocenters. The second-order valence-corrected chi connectivity index (χ2v) is 9.52. The van der Waals surface area contributed by atoms with E-state index in [2.05, 4.69) is 83.7 Å².